The summed E-state index contributed by atoms with van der Waals surface area (Å²) in [4.78, 5) is 0. The molecular weight excluding hydrogens is 130 g/mol. The molecule has 38 valence electrons. The van der Waals surface area contributed by atoms with Gasteiger partial charge >= 0.3 is 0 Å². The van der Waals surface area contributed by atoms with Crippen molar-refractivity contribution in [2.45, 2.75) is 6.92 Å². The maximum Gasteiger partial charge on any atom is 0 e. The summed E-state index contributed by atoms with van der Waals surface area (Å²) in [6.45, 7) is 2.08. The molecule has 2 radical (unpaired) electrons. The van der Waals surface area contributed by atoms with Crippen molar-refractivity contribution in [1.82, 2.24) is 0 Å². The van der Waals surface area contributed by atoms with Gasteiger partial charge in [-0.3, -0.25) is 0 Å². The molecule has 0 unspecified atom stereocenters. The molecule has 2 heteroatoms. The van der Waals surface area contributed by atoms with Gasteiger partial charge in [-0.15, -0.1) is 0 Å². The van der Waals surface area contributed by atoms with Crippen molar-refractivity contribution in [3.8, 4) is 0 Å². The second-order valence-corrected chi connectivity index (χ2v) is 1.65. The predicted octanol–water partition coefficient (Wildman–Crippen LogP) is 1.23. The Balaban J connectivity index is 0. The van der Waals surface area contributed by atoms with E-state index in [1.54, 1.807) is 0 Å². The van der Waals surface area contributed by atoms with E-state index in [9.17, 15) is 0 Å². The third-order valence-corrected chi connectivity index (χ3v) is 0.940. The Morgan fingerprint density at radius 2 is 1.33 bits per heavy atom. The van der Waals surface area contributed by atoms with E-state index < -0.39 is 0 Å². The van der Waals surface area contributed by atoms with Gasteiger partial charge in [0.25, 0.3) is 0 Å². The van der Waals surface area contributed by atoms with Crippen molar-refractivity contribution in [2.75, 3.05) is 0 Å². The molecule has 0 aliphatic carbocycles. The number of benzene rings is 1. The van der Waals surface area contributed by atoms with Gasteiger partial charge in [0.15, 0.2) is 0 Å². The van der Waals surface area contributed by atoms with Crippen LogP contribution in [0.5, 0.6) is 0 Å². The molecule has 0 N–H and O–H groups in total. The molecule has 0 nitrogen and oxygen atoms in total. The van der Waals surface area contributed by atoms with E-state index in [0.717, 1.165) is 0 Å². The van der Waals surface area contributed by atoms with Crippen LogP contribution in [0.3, 0.4) is 0 Å². The number of hydrogen-bond acceptors (Lipinski definition) is 0. The Bertz CT molecular complexity index is 137. The van der Waals surface area contributed by atoms with E-state index in [1.807, 2.05) is 18.2 Å². The monoisotopic (exact) mass is 138 g/mol. The third-order valence-electron chi connectivity index (χ3n) is 0.940. The molecule has 0 aliphatic rings. The first kappa shape index (κ1) is 12.9. The summed E-state index contributed by atoms with van der Waals surface area (Å²) >= 11 is 0. The van der Waals surface area contributed by atoms with Gasteiger partial charge in [0.1, 0.15) is 0 Å². The van der Waals surface area contributed by atoms with Crippen LogP contribution in [0.25, 0.3) is 0 Å². The summed E-state index contributed by atoms with van der Waals surface area (Å²) in [5.41, 5.74) is 1.32. The van der Waals surface area contributed by atoms with Crippen LogP contribution in [-0.2, 0) is 0 Å². The smallest absolute Gasteiger partial charge is 0 e. The van der Waals surface area contributed by atoms with Gasteiger partial charge in [-0.25, -0.2) is 0 Å². The van der Waals surface area contributed by atoms with E-state index in [0.29, 0.717) is 0 Å². The standard InChI is InChI=1S/C7H8.2Na/c1-7-5-3-2-4-6-7;;/h2-6H,1H3;;. The van der Waals surface area contributed by atoms with Crippen LogP contribution < -0.4 is 0 Å². The van der Waals surface area contributed by atoms with Crippen LogP contribution in [0.4, 0.5) is 0 Å². The predicted molar refractivity (Wildman–Crippen MR) is 42.7 cm³/mol. The Hall–Kier alpha value is 1.22. The summed E-state index contributed by atoms with van der Waals surface area (Å²) in [5, 5.41) is 0. The average Bonchev–Trinajstić information content (AvgIpc) is 1.69. The van der Waals surface area contributed by atoms with Gasteiger partial charge in [0.2, 0.25) is 0 Å². The quantitative estimate of drug-likeness (QED) is 0.473. The van der Waals surface area contributed by atoms with Crippen LogP contribution >= 0.6 is 0 Å². The van der Waals surface area contributed by atoms with Crippen LogP contribution in [-0.4, -0.2) is 59.1 Å². The van der Waals surface area contributed by atoms with E-state index in [-0.39, 0.29) is 59.1 Å². The van der Waals surface area contributed by atoms with Gasteiger partial charge < -0.3 is 0 Å². The molecule has 0 bridgehead atoms. The minimum absolute atomic E-state index is 0. The van der Waals surface area contributed by atoms with E-state index in [1.165, 1.54) is 5.56 Å². The molecule has 0 saturated carbocycles. The van der Waals surface area contributed by atoms with Crippen molar-refractivity contribution >= 4 is 59.1 Å². The fourth-order valence-electron chi connectivity index (χ4n) is 0.534. The topological polar surface area (TPSA) is 0 Å². The van der Waals surface area contributed by atoms with Gasteiger partial charge in [0.05, 0.1) is 0 Å². The average molecular weight is 138 g/mol. The van der Waals surface area contributed by atoms with Crippen LogP contribution in [0.2, 0.25) is 0 Å². The summed E-state index contributed by atoms with van der Waals surface area (Å²) in [6, 6.07) is 10.3. The summed E-state index contributed by atoms with van der Waals surface area (Å²) in [6.07, 6.45) is 0. The third kappa shape index (κ3) is 5.65. The van der Waals surface area contributed by atoms with Crippen molar-refractivity contribution < 1.29 is 0 Å². The summed E-state index contributed by atoms with van der Waals surface area (Å²) < 4.78 is 0. The summed E-state index contributed by atoms with van der Waals surface area (Å²) in [5.74, 6) is 0. The molecular formula is C7H8Na2. The van der Waals surface area contributed by atoms with Gasteiger partial charge in [-0.05, 0) is 6.92 Å². The molecule has 0 fully saturated rings. The molecule has 0 aromatic heterocycles. The summed E-state index contributed by atoms with van der Waals surface area (Å²) in [7, 11) is 0. The van der Waals surface area contributed by atoms with Crippen molar-refractivity contribution in [3.63, 3.8) is 0 Å². The Morgan fingerprint density at radius 3 is 1.56 bits per heavy atom. The van der Waals surface area contributed by atoms with Crippen molar-refractivity contribution in [2.24, 2.45) is 0 Å². The first-order valence-electron chi connectivity index (χ1n) is 2.41. The second kappa shape index (κ2) is 7.33. The number of rotatable bonds is 0. The maximum absolute atomic E-state index is 2.08. The Labute approximate surface area is 101 Å². The van der Waals surface area contributed by atoms with Gasteiger partial charge in [-0.1, -0.05) is 35.9 Å². The van der Waals surface area contributed by atoms with E-state index in [2.05, 4.69) is 19.1 Å². The number of hydrogen-bond donors (Lipinski definition) is 0. The molecule has 1 rings (SSSR count). The van der Waals surface area contributed by atoms with Gasteiger partial charge in [0, 0.05) is 59.1 Å². The molecule has 0 aliphatic heterocycles. The van der Waals surface area contributed by atoms with Crippen molar-refractivity contribution in [1.29, 1.82) is 0 Å². The molecule has 0 saturated heterocycles. The molecule has 9 heavy (non-hydrogen) atoms. The zero-order valence-electron chi connectivity index (χ0n) is 6.39. The minimum Gasteiger partial charge on any atom is -0.0622 e. The normalized spacial score (nSPS) is 6.78. The zero-order chi connectivity index (χ0) is 5.11. The molecule has 1 aromatic rings. The SMILES string of the molecule is Cc1ccccc1.[Na].[Na]. The second-order valence-electron chi connectivity index (χ2n) is 1.65. The zero-order valence-corrected chi connectivity index (χ0v) is 10.4. The number of aryl methyl sites for hydroxylation is 1. The largest absolute Gasteiger partial charge is 0.0622 e. The minimum atomic E-state index is 0. The van der Waals surface area contributed by atoms with Crippen molar-refractivity contribution in [3.05, 3.63) is 35.9 Å². The fraction of sp³-hybridized carbons (Fsp3) is 0.143. The first-order valence-corrected chi connectivity index (χ1v) is 2.41. The fourth-order valence-corrected chi connectivity index (χ4v) is 0.534. The Morgan fingerprint density at radius 1 is 0.889 bits per heavy atom. The molecule has 0 amide bonds. The van der Waals surface area contributed by atoms with Crippen LogP contribution in [0.15, 0.2) is 30.3 Å². The molecule has 0 atom stereocenters. The maximum atomic E-state index is 2.08. The van der Waals surface area contributed by atoms with Crippen LogP contribution in [0.1, 0.15) is 5.56 Å². The molecule has 0 spiro atoms. The molecule has 0 heterocycles. The van der Waals surface area contributed by atoms with E-state index >= 15 is 0 Å². The van der Waals surface area contributed by atoms with Crippen LogP contribution in [0, 0.1) is 6.92 Å². The van der Waals surface area contributed by atoms with Gasteiger partial charge in [-0.2, -0.15) is 0 Å². The molecule has 1 aromatic carbocycles. The first-order chi connectivity index (χ1) is 3.39. The van der Waals surface area contributed by atoms with E-state index in [4.69, 9.17) is 0 Å². The Kier molecular flexibility index (Phi) is 10.5.